The lowest BCUT2D eigenvalue weighted by Crippen LogP contribution is -2.54. The van der Waals surface area contributed by atoms with E-state index in [1.54, 1.807) is 0 Å². The maximum Gasteiger partial charge on any atom is 0.248 e. The number of carbonyl (C=O) groups excluding carboxylic acids is 1. The largest absolute Gasteiger partial charge is 0.362 e. The first-order valence-electron chi connectivity index (χ1n) is 7.28. The molecule has 1 aromatic heterocycles. The van der Waals surface area contributed by atoms with E-state index in [1.807, 2.05) is 23.3 Å². The Hall–Kier alpha value is -0.910. The summed E-state index contributed by atoms with van der Waals surface area (Å²) in [5, 5.41) is 0. The second-order valence-electron chi connectivity index (χ2n) is 5.90. The predicted octanol–water partition coefficient (Wildman–Crippen LogP) is 1.74. The van der Waals surface area contributed by atoms with Gasteiger partial charge in [-0.15, -0.1) is 11.3 Å². The Balaban J connectivity index is 1.60. The molecule has 0 aromatic carbocycles. The van der Waals surface area contributed by atoms with Crippen molar-refractivity contribution < 1.29 is 9.53 Å². The fourth-order valence-electron chi connectivity index (χ4n) is 3.12. The van der Waals surface area contributed by atoms with E-state index >= 15 is 0 Å². The summed E-state index contributed by atoms with van der Waals surface area (Å²) < 4.78 is 5.87. The Kier molecular flexibility index (Phi) is 3.84. The van der Waals surface area contributed by atoms with Crippen LogP contribution in [0.3, 0.4) is 0 Å². The van der Waals surface area contributed by atoms with Crippen LogP contribution in [0.25, 0.3) is 0 Å². The standard InChI is InChI=1S/C15H22N2O2S/c1-3-12-4-5-13(20-12)8-17-7-6-15(11-17)10-16(2)14(18)9-19-15/h4-5H,3,6-11H2,1-2H3. The zero-order valence-corrected chi connectivity index (χ0v) is 13.0. The number of amides is 1. The third-order valence-electron chi connectivity index (χ3n) is 4.29. The summed E-state index contributed by atoms with van der Waals surface area (Å²) in [6.45, 7) is 6.16. The molecule has 3 rings (SSSR count). The Morgan fingerprint density at radius 3 is 2.85 bits per heavy atom. The molecule has 2 saturated heterocycles. The second kappa shape index (κ2) is 5.47. The number of morpholine rings is 1. The van der Waals surface area contributed by atoms with Crippen molar-refractivity contribution in [3.8, 4) is 0 Å². The van der Waals surface area contributed by atoms with Crippen molar-refractivity contribution in [2.45, 2.75) is 31.9 Å². The number of carbonyl (C=O) groups is 1. The third kappa shape index (κ3) is 2.75. The van der Waals surface area contributed by atoms with E-state index < -0.39 is 0 Å². The van der Waals surface area contributed by atoms with Gasteiger partial charge >= 0.3 is 0 Å². The van der Waals surface area contributed by atoms with Gasteiger partial charge in [0.25, 0.3) is 0 Å². The van der Waals surface area contributed by atoms with E-state index in [-0.39, 0.29) is 18.1 Å². The molecule has 110 valence electrons. The molecule has 20 heavy (non-hydrogen) atoms. The first-order valence-corrected chi connectivity index (χ1v) is 8.10. The van der Waals surface area contributed by atoms with Crippen molar-refractivity contribution in [2.75, 3.05) is 33.3 Å². The van der Waals surface area contributed by atoms with E-state index in [0.717, 1.165) is 39.0 Å². The summed E-state index contributed by atoms with van der Waals surface area (Å²) in [7, 11) is 1.88. The summed E-state index contributed by atoms with van der Waals surface area (Å²) in [5.74, 6) is 0.0971. The van der Waals surface area contributed by atoms with E-state index in [9.17, 15) is 4.79 Å². The van der Waals surface area contributed by atoms with Gasteiger partial charge in [-0.1, -0.05) is 6.92 Å². The van der Waals surface area contributed by atoms with Gasteiger partial charge in [-0.25, -0.2) is 0 Å². The van der Waals surface area contributed by atoms with Crippen LogP contribution in [-0.4, -0.2) is 54.6 Å². The van der Waals surface area contributed by atoms with Crippen molar-refractivity contribution >= 4 is 17.2 Å². The van der Waals surface area contributed by atoms with Gasteiger partial charge in [0.2, 0.25) is 5.91 Å². The van der Waals surface area contributed by atoms with Gasteiger partial charge in [-0.2, -0.15) is 0 Å². The number of hydrogen-bond donors (Lipinski definition) is 0. The van der Waals surface area contributed by atoms with Gasteiger partial charge in [-0.05, 0) is 25.0 Å². The van der Waals surface area contributed by atoms with Gasteiger partial charge < -0.3 is 9.64 Å². The highest BCUT2D eigenvalue weighted by Gasteiger charge is 2.43. The van der Waals surface area contributed by atoms with E-state index in [2.05, 4.69) is 24.0 Å². The minimum absolute atomic E-state index is 0.0971. The van der Waals surface area contributed by atoms with Crippen molar-refractivity contribution in [1.29, 1.82) is 0 Å². The third-order valence-corrected chi connectivity index (χ3v) is 5.51. The number of hydrogen-bond acceptors (Lipinski definition) is 4. The minimum atomic E-state index is -0.131. The van der Waals surface area contributed by atoms with Crippen LogP contribution in [0.15, 0.2) is 12.1 Å². The average Bonchev–Trinajstić information content (AvgIpc) is 3.03. The molecule has 2 aliphatic rings. The van der Waals surface area contributed by atoms with Crippen LogP contribution < -0.4 is 0 Å². The number of nitrogens with zero attached hydrogens (tertiary/aromatic N) is 2. The number of aryl methyl sites for hydroxylation is 1. The van der Waals surface area contributed by atoms with Crippen LogP contribution in [0, 0.1) is 0 Å². The number of ether oxygens (including phenoxy) is 1. The number of likely N-dealkylation sites (N-methyl/N-ethyl adjacent to an activating group) is 1. The maximum absolute atomic E-state index is 11.5. The summed E-state index contributed by atoms with van der Waals surface area (Å²) >= 11 is 1.91. The Morgan fingerprint density at radius 2 is 2.15 bits per heavy atom. The SMILES string of the molecule is CCc1ccc(CN2CCC3(C2)CN(C)C(=O)CO3)s1. The molecule has 1 spiro atoms. The summed E-state index contributed by atoms with van der Waals surface area (Å²) in [6, 6.07) is 4.47. The molecule has 3 heterocycles. The van der Waals surface area contributed by atoms with Crippen LogP contribution in [0.2, 0.25) is 0 Å². The zero-order chi connectivity index (χ0) is 14.2. The van der Waals surface area contributed by atoms with Gasteiger partial charge in [-0.3, -0.25) is 9.69 Å². The highest BCUT2D eigenvalue weighted by molar-refractivity contribution is 7.11. The van der Waals surface area contributed by atoms with Gasteiger partial charge in [0, 0.05) is 36.4 Å². The lowest BCUT2D eigenvalue weighted by atomic mass is 10.0. The fraction of sp³-hybridized carbons (Fsp3) is 0.667. The highest BCUT2D eigenvalue weighted by Crippen LogP contribution is 2.31. The monoisotopic (exact) mass is 294 g/mol. The van der Waals surface area contributed by atoms with E-state index in [1.165, 1.54) is 9.75 Å². The molecule has 2 aliphatic heterocycles. The molecule has 5 heteroatoms. The molecule has 1 amide bonds. The molecule has 0 bridgehead atoms. The molecule has 0 aliphatic carbocycles. The van der Waals surface area contributed by atoms with Crippen molar-refractivity contribution in [3.05, 3.63) is 21.9 Å². The minimum Gasteiger partial charge on any atom is -0.362 e. The van der Waals surface area contributed by atoms with Gasteiger partial charge in [0.1, 0.15) is 12.2 Å². The normalized spacial score (nSPS) is 27.7. The van der Waals surface area contributed by atoms with Crippen LogP contribution in [0.1, 0.15) is 23.1 Å². The average molecular weight is 294 g/mol. The van der Waals surface area contributed by atoms with Crippen LogP contribution in [0.4, 0.5) is 0 Å². The quantitative estimate of drug-likeness (QED) is 0.851. The number of likely N-dealkylation sites (tertiary alicyclic amines) is 1. The second-order valence-corrected chi connectivity index (χ2v) is 7.16. The van der Waals surface area contributed by atoms with Crippen molar-refractivity contribution in [1.82, 2.24) is 9.80 Å². The molecule has 1 unspecified atom stereocenters. The van der Waals surface area contributed by atoms with E-state index in [4.69, 9.17) is 4.74 Å². The van der Waals surface area contributed by atoms with Crippen LogP contribution >= 0.6 is 11.3 Å². The molecule has 1 atom stereocenters. The van der Waals surface area contributed by atoms with Crippen LogP contribution in [0.5, 0.6) is 0 Å². The van der Waals surface area contributed by atoms with Crippen molar-refractivity contribution in [2.24, 2.45) is 0 Å². The van der Waals surface area contributed by atoms with Crippen LogP contribution in [-0.2, 0) is 22.5 Å². The predicted molar refractivity (Wildman–Crippen MR) is 79.9 cm³/mol. The summed E-state index contributed by atoms with van der Waals surface area (Å²) in [6.07, 6.45) is 2.14. The Bertz CT molecular complexity index is 502. The maximum atomic E-state index is 11.5. The smallest absolute Gasteiger partial charge is 0.248 e. The number of rotatable bonds is 3. The Morgan fingerprint density at radius 1 is 1.35 bits per heavy atom. The lowest BCUT2D eigenvalue weighted by Gasteiger charge is -2.38. The molecule has 4 nitrogen and oxygen atoms in total. The molecular weight excluding hydrogens is 272 g/mol. The van der Waals surface area contributed by atoms with E-state index in [0.29, 0.717) is 0 Å². The molecule has 1 aromatic rings. The molecule has 2 fully saturated rings. The zero-order valence-electron chi connectivity index (χ0n) is 12.2. The summed E-state index contributed by atoms with van der Waals surface area (Å²) in [4.78, 5) is 18.7. The summed E-state index contributed by atoms with van der Waals surface area (Å²) in [5.41, 5.74) is -0.131. The Labute approximate surface area is 124 Å². The number of thiophene rings is 1. The first kappa shape index (κ1) is 14.0. The molecule has 0 N–H and O–H groups in total. The van der Waals surface area contributed by atoms with Crippen molar-refractivity contribution in [3.63, 3.8) is 0 Å². The lowest BCUT2D eigenvalue weighted by molar-refractivity contribution is -0.159. The molecule has 0 radical (unpaired) electrons. The van der Waals surface area contributed by atoms with Gasteiger partial charge in [0.15, 0.2) is 0 Å². The van der Waals surface area contributed by atoms with Gasteiger partial charge in [0.05, 0.1) is 6.54 Å². The first-order chi connectivity index (χ1) is 9.60. The highest BCUT2D eigenvalue weighted by atomic mass is 32.1. The molecule has 0 saturated carbocycles. The molecular formula is C15H22N2O2S. The topological polar surface area (TPSA) is 32.8 Å². The fourth-order valence-corrected chi connectivity index (χ4v) is 4.12.